The van der Waals surface area contributed by atoms with Crippen LogP contribution >= 0.6 is 0 Å². The molecule has 2 rings (SSSR count). The molecule has 4 nitrogen and oxygen atoms in total. The molecule has 0 saturated heterocycles. The first-order valence-corrected chi connectivity index (χ1v) is 8.00. The number of hydrogen-bond acceptors (Lipinski definition) is 4. The predicted molar refractivity (Wildman–Crippen MR) is 96.2 cm³/mol. The SMILES string of the molecule is CC(C)Oc1ccc(NCc2ccccc2N)cc1OC(C)C. The first-order valence-electron chi connectivity index (χ1n) is 8.00. The average Bonchev–Trinajstić information content (AvgIpc) is 2.48. The minimum absolute atomic E-state index is 0.0875. The third-order valence-corrected chi connectivity index (χ3v) is 3.21. The fourth-order valence-corrected chi connectivity index (χ4v) is 2.21. The van der Waals surface area contributed by atoms with Gasteiger partial charge in [0.05, 0.1) is 12.2 Å². The highest BCUT2D eigenvalue weighted by molar-refractivity contribution is 5.56. The van der Waals surface area contributed by atoms with Gasteiger partial charge in [0.1, 0.15) is 0 Å². The molecule has 0 aliphatic heterocycles. The third kappa shape index (κ3) is 5.09. The molecule has 0 unspecified atom stereocenters. The maximum Gasteiger partial charge on any atom is 0.163 e. The first-order chi connectivity index (χ1) is 11.0. The summed E-state index contributed by atoms with van der Waals surface area (Å²) in [6.45, 7) is 8.68. The van der Waals surface area contributed by atoms with Crippen LogP contribution in [-0.4, -0.2) is 12.2 Å². The molecule has 0 amide bonds. The maximum atomic E-state index is 5.97. The van der Waals surface area contributed by atoms with Crippen molar-refractivity contribution in [1.82, 2.24) is 0 Å². The fraction of sp³-hybridized carbons (Fsp3) is 0.368. The minimum atomic E-state index is 0.0875. The number of nitrogens with one attached hydrogen (secondary N) is 1. The lowest BCUT2D eigenvalue weighted by atomic mass is 10.2. The number of benzene rings is 2. The van der Waals surface area contributed by atoms with E-state index in [1.807, 2.05) is 70.2 Å². The van der Waals surface area contributed by atoms with Gasteiger partial charge in [0, 0.05) is 24.0 Å². The Hall–Kier alpha value is -2.36. The molecule has 124 valence electrons. The highest BCUT2D eigenvalue weighted by atomic mass is 16.5. The summed E-state index contributed by atoms with van der Waals surface area (Å²) in [5.74, 6) is 1.51. The van der Waals surface area contributed by atoms with Crippen LogP contribution in [0.25, 0.3) is 0 Å². The minimum Gasteiger partial charge on any atom is -0.487 e. The van der Waals surface area contributed by atoms with Crippen molar-refractivity contribution in [2.75, 3.05) is 11.1 Å². The molecule has 3 N–H and O–H groups in total. The monoisotopic (exact) mass is 314 g/mol. The smallest absolute Gasteiger partial charge is 0.163 e. The van der Waals surface area contributed by atoms with Crippen molar-refractivity contribution in [3.63, 3.8) is 0 Å². The maximum absolute atomic E-state index is 5.97. The molecule has 0 bridgehead atoms. The van der Waals surface area contributed by atoms with Gasteiger partial charge >= 0.3 is 0 Å². The van der Waals surface area contributed by atoms with Crippen LogP contribution in [0, 0.1) is 0 Å². The molecule has 2 aromatic rings. The van der Waals surface area contributed by atoms with Gasteiger partial charge < -0.3 is 20.5 Å². The van der Waals surface area contributed by atoms with Crippen LogP contribution in [0.4, 0.5) is 11.4 Å². The number of ether oxygens (including phenoxy) is 2. The second-order valence-corrected chi connectivity index (χ2v) is 6.05. The molecule has 0 radical (unpaired) electrons. The lowest BCUT2D eigenvalue weighted by Gasteiger charge is -2.18. The highest BCUT2D eigenvalue weighted by Crippen LogP contribution is 2.32. The molecule has 0 spiro atoms. The topological polar surface area (TPSA) is 56.5 Å². The normalized spacial score (nSPS) is 10.9. The van der Waals surface area contributed by atoms with Crippen LogP contribution in [0.3, 0.4) is 0 Å². The van der Waals surface area contributed by atoms with Crippen molar-refractivity contribution >= 4 is 11.4 Å². The summed E-state index contributed by atoms with van der Waals surface area (Å²) >= 11 is 0. The van der Waals surface area contributed by atoms with E-state index in [1.165, 1.54) is 0 Å². The van der Waals surface area contributed by atoms with E-state index in [0.29, 0.717) is 6.54 Å². The lowest BCUT2D eigenvalue weighted by Crippen LogP contribution is -2.11. The van der Waals surface area contributed by atoms with Crippen molar-refractivity contribution in [2.45, 2.75) is 46.4 Å². The molecular formula is C19H26N2O2. The van der Waals surface area contributed by atoms with Gasteiger partial charge in [-0.1, -0.05) is 18.2 Å². The molecule has 0 aromatic heterocycles. The van der Waals surface area contributed by atoms with E-state index < -0.39 is 0 Å². The summed E-state index contributed by atoms with van der Waals surface area (Å²) in [6, 6.07) is 13.7. The van der Waals surface area contributed by atoms with E-state index in [4.69, 9.17) is 15.2 Å². The third-order valence-electron chi connectivity index (χ3n) is 3.21. The van der Waals surface area contributed by atoms with Crippen LogP contribution in [-0.2, 0) is 6.54 Å². The van der Waals surface area contributed by atoms with E-state index in [-0.39, 0.29) is 12.2 Å². The van der Waals surface area contributed by atoms with E-state index in [1.54, 1.807) is 0 Å². The van der Waals surface area contributed by atoms with Crippen molar-refractivity contribution in [1.29, 1.82) is 0 Å². The predicted octanol–water partition coefficient (Wildman–Crippen LogP) is 4.46. The molecular weight excluding hydrogens is 288 g/mol. The number of para-hydroxylation sites is 1. The Morgan fingerprint density at radius 1 is 0.913 bits per heavy atom. The molecule has 4 heteroatoms. The van der Waals surface area contributed by atoms with Gasteiger partial charge in [0.2, 0.25) is 0 Å². The van der Waals surface area contributed by atoms with Gasteiger partial charge in [-0.05, 0) is 51.5 Å². The van der Waals surface area contributed by atoms with E-state index in [2.05, 4.69) is 5.32 Å². The van der Waals surface area contributed by atoms with Crippen molar-refractivity contribution in [3.05, 3.63) is 48.0 Å². The molecule has 0 saturated carbocycles. The summed E-state index contributed by atoms with van der Waals surface area (Å²) < 4.78 is 11.7. The van der Waals surface area contributed by atoms with Crippen molar-refractivity contribution < 1.29 is 9.47 Å². The highest BCUT2D eigenvalue weighted by Gasteiger charge is 2.10. The molecule has 2 aromatic carbocycles. The van der Waals surface area contributed by atoms with E-state index in [9.17, 15) is 0 Å². The zero-order valence-electron chi connectivity index (χ0n) is 14.3. The summed E-state index contributed by atoms with van der Waals surface area (Å²) in [4.78, 5) is 0. The van der Waals surface area contributed by atoms with Crippen LogP contribution in [0.5, 0.6) is 11.5 Å². The zero-order valence-corrected chi connectivity index (χ0v) is 14.3. The van der Waals surface area contributed by atoms with E-state index in [0.717, 1.165) is 28.4 Å². The summed E-state index contributed by atoms with van der Waals surface area (Å²) in [5, 5.41) is 3.38. The lowest BCUT2D eigenvalue weighted by molar-refractivity contribution is 0.199. The fourth-order valence-electron chi connectivity index (χ4n) is 2.21. The van der Waals surface area contributed by atoms with Gasteiger partial charge in [-0.2, -0.15) is 0 Å². The first kappa shape index (κ1) is 17.0. The average molecular weight is 314 g/mol. The molecule has 0 heterocycles. The summed E-state index contributed by atoms with van der Waals surface area (Å²) in [6.07, 6.45) is 0.192. The number of anilines is 2. The number of rotatable bonds is 7. The quantitative estimate of drug-likeness (QED) is 0.741. The molecule has 0 aliphatic rings. The molecule has 0 fully saturated rings. The molecule has 0 aliphatic carbocycles. The standard InChI is InChI=1S/C19H26N2O2/c1-13(2)22-18-10-9-16(11-19(18)23-14(3)4)21-12-15-7-5-6-8-17(15)20/h5-11,13-14,21H,12,20H2,1-4H3. The van der Waals surface area contributed by atoms with E-state index >= 15 is 0 Å². The van der Waals surface area contributed by atoms with Crippen molar-refractivity contribution in [3.8, 4) is 11.5 Å². The van der Waals surface area contributed by atoms with Crippen molar-refractivity contribution in [2.24, 2.45) is 0 Å². The van der Waals surface area contributed by atoms with Gasteiger partial charge in [0.25, 0.3) is 0 Å². The Morgan fingerprint density at radius 3 is 2.22 bits per heavy atom. The zero-order chi connectivity index (χ0) is 16.8. The van der Waals surface area contributed by atoms with Gasteiger partial charge in [-0.3, -0.25) is 0 Å². The number of nitrogen functional groups attached to an aromatic ring is 1. The van der Waals surface area contributed by atoms with Gasteiger partial charge in [0.15, 0.2) is 11.5 Å². The molecule has 23 heavy (non-hydrogen) atoms. The Labute approximate surface area is 138 Å². The number of hydrogen-bond donors (Lipinski definition) is 2. The Bertz CT molecular complexity index is 639. The van der Waals surface area contributed by atoms with Crippen LogP contribution in [0.2, 0.25) is 0 Å². The second-order valence-electron chi connectivity index (χ2n) is 6.05. The summed E-state index contributed by atoms with van der Waals surface area (Å²) in [5.41, 5.74) is 8.81. The Kier molecular flexibility index (Phi) is 5.74. The second kappa shape index (κ2) is 7.77. The van der Waals surface area contributed by atoms with Gasteiger partial charge in [-0.25, -0.2) is 0 Å². The van der Waals surface area contributed by atoms with Crippen LogP contribution < -0.4 is 20.5 Å². The number of nitrogens with two attached hydrogens (primary N) is 1. The van der Waals surface area contributed by atoms with Crippen LogP contribution in [0.15, 0.2) is 42.5 Å². The Balaban J connectivity index is 2.14. The molecule has 0 atom stereocenters. The Morgan fingerprint density at radius 2 is 1.57 bits per heavy atom. The van der Waals surface area contributed by atoms with Crippen LogP contribution in [0.1, 0.15) is 33.3 Å². The van der Waals surface area contributed by atoms with Gasteiger partial charge in [-0.15, -0.1) is 0 Å². The largest absolute Gasteiger partial charge is 0.487 e. The summed E-state index contributed by atoms with van der Waals surface area (Å²) in [7, 11) is 0.